The van der Waals surface area contributed by atoms with Crippen LogP contribution in [0.25, 0.3) is 0 Å². The maximum Gasteiger partial charge on any atom is 0.234 e. The Bertz CT molecular complexity index is 638. The van der Waals surface area contributed by atoms with Crippen molar-refractivity contribution >= 4 is 28.7 Å². The molecule has 94 valence electrons. The number of rotatable bonds is 3. The quantitative estimate of drug-likeness (QED) is 0.787. The second-order valence-corrected chi connectivity index (χ2v) is 4.66. The van der Waals surface area contributed by atoms with Crippen LogP contribution in [0.3, 0.4) is 0 Å². The largest absolute Gasteiger partial charge is 0.508 e. The third kappa shape index (κ3) is 2.41. The molecule has 1 N–H and O–H groups in total. The average Bonchev–Trinajstić information content (AvgIpc) is 2.96. The molecule has 0 aliphatic carbocycles. The number of thiophene rings is 1. The minimum atomic E-state index is 0.239. The monoisotopic (exact) mass is 269 g/mol. The number of benzene rings is 1. The molecule has 0 bridgehead atoms. The van der Waals surface area contributed by atoms with E-state index in [0.717, 1.165) is 11.4 Å². The van der Waals surface area contributed by atoms with Gasteiger partial charge in [0.15, 0.2) is 0 Å². The molecule has 0 saturated carbocycles. The van der Waals surface area contributed by atoms with Crippen LogP contribution in [-0.2, 0) is 0 Å². The number of aromatic nitrogens is 2. The Kier molecular flexibility index (Phi) is 3.12. The van der Waals surface area contributed by atoms with Crippen LogP contribution < -0.4 is 4.90 Å². The van der Waals surface area contributed by atoms with Crippen molar-refractivity contribution in [1.29, 1.82) is 0 Å². The first-order chi connectivity index (χ1) is 9.34. The van der Waals surface area contributed by atoms with Crippen molar-refractivity contribution in [3.05, 3.63) is 59.6 Å². The van der Waals surface area contributed by atoms with Crippen LogP contribution in [0.15, 0.2) is 59.6 Å². The topological polar surface area (TPSA) is 49.2 Å². The summed E-state index contributed by atoms with van der Waals surface area (Å²) >= 11 is 1.61. The number of nitrogens with zero attached hydrogens (tertiary/aromatic N) is 3. The van der Waals surface area contributed by atoms with Crippen LogP contribution in [0, 0.1) is 0 Å². The fourth-order valence-electron chi connectivity index (χ4n) is 1.77. The molecule has 0 aliphatic rings. The van der Waals surface area contributed by atoms with Crippen LogP contribution in [0.2, 0.25) is 0 Å². The molecule has 2 aromatic heterocycles. The Morgan fingerprint density at radius 1 is 0.947 bits per heavy atom. The summed E-state index contributed by atoms with van der Waals surface area (Å²) in [5.74, 6) is 0.842. The zero-order valence-electron chi connectivity index (χ0n) is 9.97. The second-order valence-electron chi connectivity index (χ2n) is 3.88. The van der Waals surface area contributed by atoms with Gasteiger partial charge >= 0.3 is 0 Å². The summed E-state index contributed by atoms with van der Waals surface area (Å²) in [4.78, 5) is 10.5. The molecule has 0 saturated heterocycles. The van der Waals surface area contributed by atoms with Gasteiger partial charge in [-0.05, 0) is 41.8 Å². The average molecular weight is 269 g/mol. The SMILES string of the molecule is Oc1ccc(N(c2ccsc2)c2ncccn2)cc1. The highest BCUT2D eigenvalue weighted by atomic mass is 32.1. The third-order valence-electron chi connectivity index (χ3n) is 2.62. The molecule has 0 atom stereocenters. The van der Waals surface area contributed by atoms with Crippen molar-refractivity contribution in [2.24, 2.45) is 0 Å². The standard InChI is InChI=1S/C14H11N3OS/c18-13-4-2-11(3-5-13)17(12-6-9-19-10-12)14-15-7-1-8-16-14/h1-10,18H. The van der Waals surface area contributed by atoms with E-state index in [9.17, 15) is 5.11 Å². The summed E-state index contributed by atoms with van der Waals surface area (Å²) in [5, 5.41) is 13.4. The molecule has 5 heteroatoms. The molecule has 2 heterocycles. The van der Waals surface area contributed by atoms with E-state index < -0.39 is 0 Å². The van der Waals surface area contributed by atoms with Crippen molar-refractivity contribution < 1.29 is 5.11 Å². The van der Waals surface area contributed by atoms with Gasteiger partial charge in [-0.1, -0.05) is 0 Å². The smallest absolute Gasteiger partial charge is 0.234 e. The molecule has 3 aromatic rings. The van der Waals surface area contributed by atoms with Crippen LogP contribution >= 0.6 is 11.3 Å². The summed E-state index contributed by atoms with van der Waals surface area (Å²) in [6.07, 6.45) is 3.42. The maximum absolute atomic E-state index is 9.39. The number of anilines is 3. The second kappa shape index (κ2) is 5.07. The lowest BCUT2D eigenvalue weighted by molar-refractivity contribution is 0.475. The Morgan fingerprint density at radius 3 is 2.32 bits per heavy atom. The lowest BCUT2D eigenvalue weighted by Crippen LogP contribution is -2.11. The van der Waals surface area contributed by atoms with Crippen molar-refractivity contribution in [2.75, 3.05) is 4.90 Å². The molecule has 0 spiro atoms. The van der Waals surface area contributed by atoms with Gasteiger partial charge in [0.05, 0.1) is 5.69 Å². The fraction of sp³-hybridized carbons (Fsp3) is 0. The minimum Gasteiger partial charge on any atom is -0.508 e. The van der Waals surface area contributed by atoms with Gasteiger partial charge < -0.3 is 5.11 Å². The van der Waals surface area contributed by atoms with Crippen molar-refractivity contribution in [1.82, 2.24) is 9.97 Å². The van der Waals surface area contributed by atoms with E-state index in [4.69, 9.17) is 0 Å². The van der Waals surface area contributed by atoms with Crippen molar-refractivity contribution in [3.63, 3.8) is 0 Å². The van der Waals surface area contributed by atoms with Gasteiger partial charge in [0.1, 0.15) is 5.75 Å². The number of phenolic OH excluding ortho intramolecular Hbond substituents is 1. The zero-order valence-corrected chi connectivity index (χ0v) is 10.8. The molecule has 4 nitrogen and oxygen atoms in total. The Balaban J connectivity index is 2.10. The van der Waals surface area contributed by atoms with Crippen LogP contribution in [0.5, 0.6) is 5.75 Å². The lowest BCUT2D eigenvalue weighted by atomic mass is 10.2. The highest BCUT2D eigenvalue weighted by Crippen LogP contribution is 2.33. The number of hydrogen-bond donors (Lipinski definition) is 1. The van der Waals surface area contributed by atoms with Gasteiger partial charge in [-0.3, -0.25) is 4.90 Å². The summed E-state index contributed by atoms with van der Waals surface area (Å²) in [5.41, 5.74) is 1.91. The van der Waals surface area contributed by atoms with E-state index in [0.29, 0.717) is 5.95 Å². The molecule has 3 rings (SSSR count). The highest BCUT2D eigenvalue weighted by molar-refractivity contribution is 7.08. The first kappa shape index (κ1) is 11.7. The van der Waals surface area contributed by atoms with Crippen LogP contribution in [0.4, 0.5) is 17.3 Å². The Hall–Kier alpha value is -2.40. The van der Waals surface area contributed by atoms with Crippen molar-refractivity contribution in [3.8, 4) is 5.75 Å². The van der Waals surface area contributed by atoms with Crippen LogP contribution in [0.1, 0.15) is 0 Å². The molecule has 0 amide bonds. The predicted octanol–water partition coefficient (Wildman–Crippen LogP) is 3.71. The predicted molar refractivity (Wildman–Crippen MR) is 76.3 cm³/mol. The minimum absolute atomic E-state index is 0.239. The van der Waals surface area contributed by atoms with E-state index in [1.165, 1.54) is 0 Å². The number of phenols is 1. The van der Waals surface area contributed by atoms with Gasteiger partial charge in [0, 0.05) is 23.5 Å². The summed E-state index contributed by atoms with van der Waals surface area (Å²) in [6, 6.07) is 10.8. The number of aromatic hydroxyl groups is 1. The van der Waals surface area contributed by atoms with E-state index in [1.54, 1.807) is 41.9 Å². The maximum atomic E-state index is 9.39. The van der Waals surface area contributed by atoms with E-state index in [1.807, 2.05) is 33.9 Å². The van der Waals surface area contributed by atoms with Gasteiger partial charge in [-0.2, -0.15) is 11.3 Å². The molecule has 19 heavy (non-hydrogen) atoms. The summed E-state index contributed by atoms with van der Waals surface area (Å²) in [7, 11) is 0. The number of hydrogen-bond acceptors (Lipinski definition) is 5. The lowest BCUT2D eigenvalue weighted by Gasteiger charge is -2.21. The molecule has 0 fully saturated rings. The third-order valence-corrected chi connectivity index (χ3v) is 3.30. The fourth-order valence-corrected chi connectivity index (χ4v) is 2.39. The summed E-state index contributed by atoms with van der Waals surface area (Å²) in [6.45, 7) is 0. The molecular weight excluding hydrogens is 258 g/mol. The molecule has 0 radical (unpaired) electrons. The molecular formula is C14H11N3OS. The van der Waals surface area contributed by atoms with Gasteiger partial charge in [0.2, 0.25) is 5.95 Å². The zero-order chi connectivity index (χ0) is 13.1. The normalized spacial score (nSPS) is 10.3. The van der Waals surface area contributed by atoms with Crippen molar-refractivity contribution in [2.45, 2.75) is 0 Å². The molecule has 1 aromatic carbocycles. The van der Waals surface area contributed by atoms with E-state index in [-0.39, 0.29) is 5.75 Å². The molecule has 0 unspecified atom stereocenters. The summed E-state index contributed by atoms with van der Waals surface area (Å²) < 4.78 is 0. The van der Waals surface area contributed by atoms with Gasteiger partial charge in [-0.25, -0.2) is 9.97 Å². The van der Waals surface area contributed by atoms with Gasteiger partial charge in [-0.15, -0.1) is 0 Å². The van der Waals surface area contributed by atoms with Crippen LogP contribution in [-0.4, -0.2) is 15.1 Å². The first-order valence-corrected chi connectivity index (χ1v) is 6.67. The van der Waals surface area contributed by atoms with E-state index >= 15 is 0 Å². The van der Waals surface area contributed by atoms with Gasteiger partial charge in [0.25, 0.3) is 0 Å². The molecule has 0 aliphatic heterocycles. The van der Waals surface area contributed by atoms with E-state index in [2.05, 4.69) is 9.97 Å². The Labute approximate surface area is 114 Å². The highest BCUT2D eigenvalue weighted by Gasteiger charge is 2.14. The first-order valence-electron chi connectivity index (χ1n) is 5.73. The Morgan fingerprint density at radius 2 is 1.68 bits per heavy atom.